The maximum atomic E-state index is 6.19. The molecule has 0 unspecified atom stereocenters. The Labute approximate surface area is 119 Å². The number of anilines is 2. The highest BCUT2D eigenvalue weighted by atomic mass is 16.5. The quantitative estimate of drug-likeness (QED) is 0.831. The van der Waals surface area contributed by atoms with E-state index in [2.05, 4.69) is 26.2 Å². The number of hydrogen-bond donors (Lipinski definition) is 1. The highest BCUT2D eigenvalue weighted by molar-refractivity contribution is 5.87. The van der Waals surface area contributed by atoms with E-state index in [1.807, 2.05) is 37.3 Å². The van der Waals surface area contributed by atoms with Crippen molar-refractivity contribution in [1.29, 1.82) is 0 Å². The largest absolute Gasteiger partial charge is 0.469 e. The van der Waals surface area contributed by atoms with E-state index in [-0.39, 0.29) is 0 Å². The van der Waals surface area contributed by atoms with Crippen LogP contribution >= 0.6 is 0 Å². The fraction of sp³-hybridized carbons (Fsp3) is 0.500. The van der Waals surface area contributed by atoms with Gasteiger partial charge in [0.25, 0.3) is 5.88 Å². The van der Waals surface area contributed by atoms with Gasteiger partial charge in [-0.2, -0.15) is 0 Å². The molecule has 0 amide bonds. The van der Waals surface area contributed by atoms with Crippen LogP contribution in [0.3, 0.4) is 0 Å². The van der Waals surface area contributed by atoms with Crippen molar-refractivity contribution in [1.82, 2.24) is 9.61 Å². The predicted octanol–water partition coefficient (Wildman–Crippen LogP) is 1.07. The van der Waals surface area contributed by atoms with Crippen LogP contribution in [0.15, 0.2) is 18.3 Å². The third kappa shape index (κ3) is 2.96. The molecule has 2 N–H and O–H groups in total. The Bertz CT molecular complexity index is 597. The van der Waals surface area contributed by atoms with E-state index in [9.17, 15) is 0 Å². The topological polar surface area (TPSA) is 55.8 Å². The highest BCUT2D eigenvalue weighted by Crippen LogP contribution is 2.31. The second-order valence-electron chi connectivity index (χ2n) is 6.16. The highest BCUT2D eigenvalue weighted by Gasteiger charge is 2.16. The van der Waals surface area contributed by atoms with Gasteiger partial charge in [-0.05, 0) is 12.1 Å². The van der Waals surface area contributed by atoms with Crippen LogP contribution in [0.4, 0.5) is 11.4 Å². The van der Waals surface area contributed by atoms with Crippen LogP contribution in [0.25, 0.3) is 5.52 Å². The minimum Gasteiger partial charge on any atom is -0.469 e. The van der Waals surface area contributed by atoms with Crippen molar-refractivity contribution in [2.45, 2.75) is 0 Å². The van der Waals surface area contributed by atoms with Crippen LogP contribution in [0.5, 0.6) is 5.88 Å². The van der Waals surface area contributed by atoms with Crippen LogP contribution in [-0.2, 0) is 0 Å². The zero-order valence-electron chi connectivity index (χ0n) is 12.9. The summed E-state index contributed by atoms with van der Waals surface area (Å²) in [6.07, 6.45) is 1.88. The Morgan fingerprint density at radius 3 is 2.65 bits per heavy atom. The number of likely N-dealkylation sites (N-methyl/N-ethyl adjacent to an activating group) is 1. The molecule has 0 bridgehead atoms. The van der Waals surface area contributed by atoms with Crippen molar-refractivity contribution in [3.63, 3.8) is 0 Å². The second-order valence-corrected chi connectivity index (χ2v) is 6.16. The molecule has 0 fully saturated rings. The number of fused-ring (bicyclic) bond motifs is 1. The van der Waals surface area contributed by atoms with Gasteiger partial charge in [0, 0.05) is 20.3 Å². The van der Waals surface area contributed by atoms with Gasteiger partial charge in [-0.1, -0.05) is 0 Å². The van der Waals surface area contributed by atoms with Crippen LogP contribution in [0.2, 0.25) is 0 Å². The molecule has 2 aromatic rings. The summed E-state index contributed by atoms with van der Waals surface area (Å²) < 4.78 is 8.35. The lowest BCUT2D eigenvalue weighted by atomic mass is 10.3. The maximum Gasteiger partial charge on any atom is 0.257 e. The van der Waals surface area contributed by atoms with Crippen molar-refractivity contribution >= 4 is 16.9 Å². The minimum atomic E-state index is 0.507. The lowest BCUT2D eigenvalue weighted by molar-refractivity contribution is -0.870. The van der Waals surface area contributed by atoms with Gasteiger partial charge < -0.3 is 19.9 Å². The number of quaternary nitrogens is 1. The summed E-state index contributed by atoms with van der Waals surface area (Å²) in [4.78, 5) is 2.02. The Morgan fingerprint density at radius 2 is 2.05 bits per heavy atom. The van der Waals surface area contributed by atoms with Crippen molar-refractivity contribution < 1.29 is 9.22 Å². The number of ether oxygens (including phenoxy) is 1. The lowest BCUT2D eigenvalue weighted by Gasteiger charge is -2.23. The fourth-order valence-corrected chi connectivity index (χ4v) is 1.97. The molecule has 0 radical (unpaired) electrons. The summed E-state index contributed by atoms with van der Waals surface area (Å²) in [5.74, 6) is 0.507. The van der Waals surface area contributed by atoms with Gasteiger partial charge in [0.2, 0.25) is 0 Å². The Morgan fingerprint density at radius 1 is 1.35 bits per heavy atom. The number of pyridine rings is 1. The van der Waals surface area contributed by atoms with Gasteiger partial charge in [-0.3, -0.25) is 0 Å². The molecule has 2 heterocycles. The SMILES string of the molecule is CN(C)c1cccn2nc(OCC[N+](C)(C)C)c(N)c12. The van der Waals surface area contributed by atoms with E-state index in [0.29, 0.717) is 18.2 Å². The fourth-order valence-electron chi connectivity index (χ4n) is 1.97. The van der Waals surface area contributed by atoms with Crippen LogP contribution < -0.4 is 15.4 Å². The Kier molecular flexibility index (Phi) is 3.76. The first-order valence-electron chi connectivity index (χ1n) is 6.67. The summed E-state index contributed by atoms with van der Waals surface area (Å²) in [6.45, 7) is 1.49. The summed E-state index contributed by atoms with van der Waals surface area (Å²) in [5, 5.41) is 4.41. The number of nitrogens with two attached hydrogens (primary N) is 1. The Hall–Kier alpha value is -1.95. The molecule has 0 spiro atoms. The van der Waals surface area contributed by atoms with E-state index in [0.717, 1.165) is 22.2 Å². The first-order valence-corrected chi connectivity index (χ1v) is 6.67. The molecular weight excluding hydrogens is 254 g/mol. The average molecular weight is 278 g/mol. The smallest absolute Gasteiger partial charge is 0.257 e. The summed E-state index contributed by atoms with van der Waals surface area (Å²) in [7, 11) is 10.3. The first kappa shape index (κ1) is 14.5. The molecule has 6 nitrogen and oxygen atoms in total. The van der Waals surface area contributed by atoms with Gasteiger partial charge in [-0.25, -0.2) is 4.52 Å². The second kappa shape index (κ2) is 5.20. The number of aromatic nitrogens is 2. The van der Waals surface area contributed by atoms with Crippen LogP contribution in [0, 0.1) is 0 Å². The molecule has 2 rings (SSSR count). The van der Waals surface area contributed by atoms with Crippen molar-refractivity contribution in [2.24, 2.45) is 0 Å². The summed E-state index contributed by atoms with van der Waals surface area (Å²) in [5.41, 5.74) is 8.69. The molecule has 0 aliphatic carbocycles. The van der Waals surface area contributed by atoms with Crippen molar-refractivity contribution in [3.05, 3.63) is 18.3 Å². The zero-order valence-corrected chi connectivity index (χ0v) is 12.9. The van der Waals surface area contributed by atoms with Gasteiger partial charge >= 0.3 is 0 Å². The monoisotopic (exact) mass is 278 g/mol. The maximum absolute atomic E-state index is 6.19. The van der Waals surface area contributed by atoms with Crippen LogP contribution in [0.1, 0.15) is 0 Å². The molecule has 0 aliphatic rings. The molecule has 110 valence electrons. The van der Waals surface area contributed by atoms with E-state index in [1.165, 1.54) is 0 Å². The number of hydrogen-bond acceptors (Lipinski definition) is 4. The van der Waals surface area contributed by atoms with Crippen LogP contribution in [-0.4, -0.2) is 62.5 Å². The van der Waals surface area contributed by atoms with Gasteiger partial charge in [0.15, 0.2) is 0 Å². The van der Waals surface area contributed by atoms with Crippen molar-refractivity contribution in [2.75, 3.05) is 59.0 Å². The third-order valence-corrected chi connectivity index (χ3v) is 3.12. The molecule has 0 aromatic carbocycles. The molecule has 2 aromatic heterocycles. The third-order valence-electron chi connectivity index (χ3n) is 3.12. The first-order chi connectivity index (χ1) is 9.29. The zero-order chi connectivity index (χ0) is 14.9. The molecule has 0 saturated heterocycles. The number of nitrogens with zero attached hydrogens (tertiary/aromatic N) is 4. The van der Waals surface area contributed by atoms with Gasteiger partial charge in [0.05, 0.1) is 26.8 Å². The molecular formula is C14H24N5O+. The number of rotatable bonds is 5. The van der Waals surface area contributed by atoms with E-state index in [1.54, 1.807) is 4.52 Å². The van der Waals surface area contributed by atoms with E-state index in [4.69, 9.17) is 10.5 Å². The summed E-state index contributed by atoms with van der Waals surface area (Å²) in [6, 6.07) is 3.97. The molecule has 0 atom stereocenters. The average Bonchev–Trinajstić information content (AvgIpc) is 2.65. The van der Waals surface area contributed by atoms with Gasteiger partial charge in [-0.15, -0.1) is 5.10 Å². The van der Waals surface area contributed by atoms with Gasteiger partial charge in [0.1, 0.15) is 24.4 Å². The standard InChI is InChI=1S/C14H24N5O/c1-17(2)11-7-6-8-18-13(11)12(15)14(16-18)20-10-9-19(3,4)5/h6-8H,9-10,15H2,1-5H3/q+1. The summed E-state index contributed by atoms with van der Waals surface area (Å²) >= 11 is 0. The molecule has 0 saturated carbocycles. The lowest BCUT2D eigenvalue weighted by Crippen LogP contribution is -2.38. The van der Waals surface area contributed by atoms with Crippen molar-refractivity contribution in [3.8, 4) is 5.88 Å². The van der Waals surface area contributed by atoms with E-state index >= 15 is 0 Å². The molecule has 20 heavy (non-hydrogen) atoms. The normalized spacial score (nSPS) is 11.8. The molecule has 6 heteroatoms. The Balaban J connectivity index is 2.28. The predicted molar refractivity (Wildman–Crippen MR) is 82.3 cm³/mol. The van der Waals surface area contributed by atoms with E-state index < -0.39 is 0 Å². The minimum absolute atomic E-state index is 0.507. The number of nitrogen functional groups attached to an aromatic ring is 1. The molecule has 0 aliphatic heterocycles.